The van der Waals surface area contributed by atoms with Crippen molar-refractivity contribution in [3.63, 3.8) is 0 Å². The summed E-state index contributed by atoms with van der Waals surface area (Å²) in [6.07, 6.45) is 0. The standard InChI is InChI=1S/C16H12ClNO4/c1-7-4-13-10(6-12(7)17)14(19)11-5-9(16(20)21-3)8(2)18-15(11)22-13/h4-6H,1-3H3. The summed E-state index contributed by atoms with van der Waals surface area (Å²) >= 11 is 6.07. The van der Waals surface area contributed by atoms with E-state index in [4.69, 9.17) is 20.8 Å². The number of carbonyl (C=O) groups excluding carboxylic acids is 1. The molecule has 0 atom stereocenters. The lowest BCUT2D eigenvalue weighted by atomic mass is 10.1. The SMILES string of the molecule is COC(=O)c1cc2c(=O)c3cc(Cl)c(C)cc3oc2nc1C. The zero-order valence-electron chi connectivity index (χ0n) is 12.2. The van der Waals surface area contributed by atoms with Gasteiger partial charge < -0.3 is 9.15 Å². The van der Waals surface area contributed by atoms with Crippen LogP contribution in [0.5, 0.6) is 0 Å². The fourth-order valence-electron chi connectivity index (χ4n) is 2.31. The van der Waals surface area contributed by atoms with Gasteiger partial charge in [-0.3, -0.25) is 4.79 Å². The molecule has 3 aromatic rings. The van der Waals surface area contributed by atoms with Crippen molar-refractivity contribution >= 4 is 39.6 Å². The molecule has 0 saturated heterocycles. The molecule has 0 amide bonds. The van der Waals surface area contributed by atoms with Gasteiger partial charge in [-0.05, 0) is 37.6 Å². The minimum Gasteiger partial charge on any atom is -0.465 e. The summed E-state index contributed by atoms with van der Waals surface area (Å²) in [5.41, 5.74) is 1.80. The smallest absolute Gasteiger partial charge is 0.339 e. The van der Waals surface area contributed by atoms with Gasteiger partial charge in [0, 0.05) is 5.02 Å². The van der Waals surface area contributed by atoms with Crippen molar-refractivity contribution in [1.82, 2.24) is 4.98 Å². The number of benzene rings is 1. The van der Waals surface area contributed by atoms with E-state index in [0.717, 1.165) is 5.56 Å². The van der Waals surface area contributed by atoms with Crippen LogP contribution < -0.4 is 5.43 Å². The molecule has 2 aromatic heterocycles. The zero-order valence-corrected chi connectivity index (χ0v) is 12.9. The van der Waals surface area contributed by atoms with Crippen LogP contribution >= 0.6 is 11.6 Å². The minimum atomic E-state index is -0.548. The average molecular weight is 318 g/mol. The Morgan fingerprint density at radius 3 is 2.64 bits per heavy atom. The summed E-state index contributed by atoms with van der Waals surface area (Å²) in [4.78, 5) is 28.6. The molecule has 0 unspecified atom stereocenters. The zero-order chi connectivity index (χ0) is 16.0. The highest BCUT2D eigenvalue weighted by Crippen LogP contribution is 2.25. The van der Waals surface area contributed by atoms with Crippen molar-refractivity contribution in [3.05, 3.63) is 50.3 Å². The molecule has 0 aliphatic heterocycles. The highest BCUT2D eigenvalue weighted by Gasteiger charge is 2.17. The van der Waals surface area contributed by atoms with Gasteiger partial charge in [0.05, 0.1) is 29.1 Å². The Morgan fingerprint density at radius 2 is 1.95 bits per heavy atom. The van der Waals surface area contributed by atoms with Crippen LogP contribution in [0.1, 0.15) is 21.6 Å². The maximum Gasteiger partial charge on any atom is 0.339 e. The number of fused-ring (bicyclic) bond motifs is 2. The van der Waals surface area contributed by atoms with Crippen molar-refractivity contribution in [2.24, 2.45) is 0 Å². The van der Waals surface area contributed by atoms with Crippen molar-refractivity contribution < 1.29 is 13.9 Å². The Hall–Kier alpha value is -2.40. The Kier molecular flexibility index (Phi) is 3.37. The monoisotopic (exact) mass is 317 g/mol. The van der Waals surface area contributed by atoms with E-state index < -0.39 is 5.97 Å². The van der Waals surface area contributed by atoms with Crippen molar-refractivity contribution in [2.75, 3.05) is 7.11 Å². The lowest BCUT2D eigenvalue weighted by molar-refractivity contribution is 0.0599. The van der Waals surface area contributed by atoms with E-state index in [2.05, 4.69) is 4.98 Å². The number of pyridine rings is 1. The fraction of sp³-hybridized carbons (Fsp3) is 0.188. The van der Waals surface area contributed by atoms with Gasteiger partial charge in [0.25, 0.3) is 0 Å². The number of ether oxygens (including phenoxy) is 1. The summed E-state index contributed by atoms with van der Waals surface area (Å²) < 4.78 is 10.4. The molecular formula is C16H12ClNO4. The van der Waals surface area contributed by atoms with Gasteiger partial charge in [-0.15, -0.1) is 0 Å². The van der Waals surface area contributed by atoms with Crippen LogP contribution in [-0.4, -0.2) is 18.1 Å². The molecule has 1 aromatic carbocycles. The molecule has 0 fully saturated rings. The summed E-state index contributed by atoms with van der Waals surface area (Å²) in [5.74, 6) is -0.548. The van der Waals surface area contributed by atoms with Gasteiger partial charge in [0.15, 0.2) is 0 Å². The first kappa shape index (κ1) is 14.5. The summed E-state index contributed by atoms with van der Waals surface area (Å²) in [6.45, 7) is 3.48. The number of halogens is 1. The summed E-state index contributed by atoms with van der Waals surface area (Å²) in [5, 5.41) is 1.05. The molecule has 0 N–H and O–H groups in total. The van der Waals surface area contributed by atoms with Crippen LogP contribution in [0.2, 0.25) is 5.02 Å². The molecule has 112 valence electrons. The average Bonchev–Trinajstić information content (AvgIpc) is 2.48. The molecule has 2 heterocycles. The van der Waals surface area contributed by atoms with Gasteiger partial charge in [-0.1, -0.05) is 11.6 Å². The first-order valence-corrected chi connectivity index (χ1v) is 6.93. The largest absolute Gasteiger partial charge is 0.465 e. The van der Waals surface area contributed by atoms with E-state index in [9.17, 15) is 9.59 Å². The van der Waals surface area contributed by atoms with E-state index in [1.165, 1.54) is 13.2 Å². The third-order valence-electron chi connectivity index (χ3n) is 3.54. The maximum absolute atomic E-state index is 12.6. The number of hydrogen-bond donors (Lipinski definition) is 0. The van der Waals surface area contributed by atoms with Gasteiger partial charge >= 0.3 is 5.97 Å². The minimum absolute atomic E-state index is 0.185. The second kappa shape index (κ2) is 5.10. The number of nitrogens with zero attached hydrogens (tertiary/aromatic N) is 1. The Morgan fingerprint density at radius 1 is 1.23 bits per heavy atom. The normalized spacial score (nSPS) is 11.1. The summed E-state index contributed by atoms with van der Waals surface area (Å²) in [7, 11) is 1.28. The van der Waals surface area contributed by atoms with Crippen LogP contribution in [0.4, 0.5) is 0 Å². The van der Waals surface area contributed by atoms with E-state index in [-0.39, 0.29) is 22.1 Å². The second-order valence-corrected chi connectivity index (χ2v) is 5.40. The van der Waals surface area contributed by atoms with Crippen LogP contribution in [0.15, 0.2) is 27.4 Å². The Bertz CT molecular complexity index is 991. The van der Waals surface area contributed by atoms with Gasteiger partial charge in [-0.2, -0.15) is 0 Å². The lowest BCUT2D eigenvalue weighted by Gasteiger charge is -2.07. The lowest BCUT2D eigenvalue weighted by Crippen LogP contribution is -2.10. The molecular weight excluding hydrogens is 306 g/mol. The number of esters is 1. The summed E-state index contributed by atoms with van der Waals surface area (Å²) in [6, 6.07) is 4.71. The van der Waals surface area contributed by atoms with E-state index in [0.29, 0.717) is 21.7 Å². The first-order valence-electron chi connectivity index (χ1n) is 6.55. The first-order chi connectivity index (χ1) is 10.4. The van der Waals surface area contributed by atoms with Crippen LogP contribution in [0.3, 0.4) is 0 Å². The second-order valence-electron chi connectivity index (χ2n) is 4.99. The predicted molar refractivity (Wildman–Crippen MR) is 83.6 cm³/mol. The van der Waals surface area contributed by atoms with Crippen LogP contribution in [0.25, 0.3) is 22.1 Å². The van der Waals surface area contributed by atoms with Crippen LogP contribution in [-0.2, 0) is 4.74 Å². The third kappa shape index (κ3) is 2.14. The molecule has 0 aliphatic rings. The van der Waals surface area contributed by atoms with E-state index in [1.807, 2.05) is 6.92 Å². The highest BCUT2D eigenvalue weighted by atomic mass is 35.5. The van der Waals surface area contributed by atoms with Gasteiger partial charge in [0.2, 0.25) is 11.1 Å². The molecule has 5 nitrogen and oxygen atoms in total. The topological polar surface area (TPSA) is 69.4 Å². The number of aromatic nitrogens is 1. The quantitative estimate of drug-likeness (QED) is 0.508. The van der Waals surface area contributed by atoms with E-state index >= 15 is 0 Å². The number of rotatable bonds is 1. The van der Waals surface area contributed by atoms with Crippen molar-refractivity contribution in [2.45, 2.75) is 13.8 Å². The van der Waals surface area contributed by atoms with E-state index in [1.54, 1.807) is 19.1 Å². The molecule has 6 heteroatoms. The Balaban J connectivity index is 2.45. The molecule has 22 heavy (non-hydrogen) atoms. The number of methoxy groups -OCH3 is 1. The predicted octanol–water partition coefficient (Wildman–Crippen LogP) is 3.40. The number of hydrogen-bond acceptors (Lipinski definition) is 5. The molecule has 3 rings (SSSR count). The highest BCUT2D eigenvalue weighted by molar-refractivity contribution is 6.32. The molecule has 0 spiro atoms. The Labute approximate surface area is 130 Å². The molecule has 0 saturated carbocycles. The number of carbonyl (C=O) groups is 1. The van der Waals surface area contributed by atoms with Crippen LogP contribution in [0, 0.1) is 13.8 Å². The van der Waals surface area contributed by atoms with Gasteiger partial charge in [-0.25, -0.2) is 9.78 Å². The molecule has 0 radical (unpaired) electrons. The molecule has 0 bridgehead atoms. The molecule has 0 aliphatic carbocycles. The van der Waals surface area contributed by atoms with Crippen molar-refractivity contribution in [1.29, 1.82) is 0 Å². The third-order valence-corrected chi connectivity index (χ3v) is 3.95. The number of aryl methyl sites for hydroxylation is 2. The maximum atomic E-state index is 12.6. The van der Waals surface area contributed by atoms with Crippen molar-refractivity contribution in [3.8, 4) is 0 Å². The van der Waals surface area contributed by atoms with Gasteiger partial charge in [0.1, 0.15) is 5.58 Å². The fourth-order valence-corrected chi connectivity index (χ4v) is 2.47.